The summed E-state index contributed by atoms with van der Waals surface area (Å²) in [5.74, 6) is 0. The van der Waals surface area contributed by atoms with Gasteiger partial charge in [-0.2, -0.15) is 10.5 Å². The van der Waals surface area contributed by atoms with Crippen LogP contribution in [0.4, 0.5) is 0 Å². The number of nitriles is 2. The number of rotatable bonds is 2. The van der Waals surface area contributed by atoms with Crippen molar-refractivity contribution in [1.29, 1.82) is 10.5 Å². The van der Waals surface area contributed by atoms with Crippen molar-refractivity contribution in [1.82, 2.24) is 0 Å². The highest BCUT2D eigenvalue weighted by atomic mass is 32.2. The van der Waals surface area contributed by atoms with Crippen LogP contribution >= 0.6 is 11.8 Å². The van der Waals surface area contributed by atoms with Gasteiger partial charge in [0.05, 0.1) is 11.1 Å². The fourth-order valence-corrected chi connectivity index (χ4v) is 2.65. The summed E-state index contributed by atoms with van der Waals surface area (Å²) < 4.78 is 0. The summed E-state index contributed by atoms with van der Waals surface area (Å²) in [6.07, 6.45) is 0. The molecule has 0 N–H and O–H groups in total. The van der Waals surface area contributed by atoms with Crippen molar-refractivity contribution in [2.45, 2.75) is 16.7 Å². The monoisotopic (exact) mass is 250 g/mol. The Balaban J connectivity index is 2.50. The standard InChI is InChI=1S/C15H10N2S/c1-11-5-2-3-8-14(11)18-15-12(9-16)6-4-7-13(15)10-17/h2-8H,1H3. The van der Waals surface area contributed by atoms with Crippen molar-refractivity contribution >= 4 is 11.8 Å². The number of nitrogens with zero attached hydrogens (tertiary/aromatic N) is 2. The molecule has 2 aromatic carbocycles. The van der Waals surface area contributed by atoms with E-state index in [1.807, 2.05) is 31.2 Å². The van der Waals surface area contributed by atoms with Crippen molar-refractivity contribution in [3.63, 3.8) is 0 Å². The second kappa shape index (κ2) is 5.40. The maximum absolute atomic E-state index is 9.11. The predicted molar refractivity (Wildman–Crippen MR) is 71.2 cm³/mol. The lowest BCUT2D eigenvalue weighted by Crippen LogP contribution is -1.88. The van der Waals surface area contributed by atoms with E-state index in [-0.39, 0.29) is 0 Å². The molecule has 86 valence electrons. The molecule has 0 bridgehead atoms. The SMILES string of the molecule is Cc1ccccc1Sc1c(C#N)cccc1C#N. The first-order chi connectivity index (χ1) is 8.76. The van der Waals surface area contributed by atoms with Gasteiger partial charge in [-0.15, -0.1) is 0 Å². The molecule has 2 nitrogen and oxygen atoms in total. The van der Waals surface area contributed by atoms with Gasteiger partial charge in [-0.3, -0.25) is 0 Å². The minimum Gasteiger partial charge on any atom is -0.192 e. The molecule has 2 aromatic rings. The molecule has 0 saturated heterocycles. The smallest absolute Gasteiger partial charge is 0.100 e. The lowest BCUT2D eigenvalue weighted by molar-refractivity contribution is 1.27. The third-order valence-electron chi connectivity index (χ3n) is 2.56. The van der Waals surface area contributed by atoms with E-state index in [9.17, 15) is 0 Å². The van der Waals surface area contributed by atoms with Gasteiger partial charge in [0.15, 0.2) is 0 Å². The first kappa shape index (κ1) is 12.2. The van der Waals surface area contributed by atoms with Crippen LogP contribution in [0.2, 0.25) is 0 Å². The molecule has 0 radical (unpaired) electrons. The molecule has 0 saturated carbocycles. The molecule has 2 rings (SSSR count). The molecule has 0 aliphatic rings. The molecule has 18 heavy (non-hydrogen) atoms. The van der Waals surface area contributed by atoms with E-state index in [0.29, 0.717) is 11.1 Å². The molecule has 0 aromatic heterocycles. The summed E-state index contributed by atoms with van der Waals surface area (Å²) >= 11 is 1.47. The summed E-state index contributed by atoms with van der Waals surface area (Å²) in [5, 5.41) is 18.2. The molecule has 0 fully saturated rings. The summed E-state index contributed by atoms with van der Waals surface area (Å²) in [4.78, 5) is 1.80. The van der Waals surface area contributed by atoms with Crippen molar-refractivity contribution in [3.05, 3.63) is 59.2 Å². The van der Waals surface area contributed by atoms with Crippen LogP contribution in [0.1, 0.15) is 16.7 Å². The Labute approximate surface area is 110 Å². The molecule has 0 atom stereocenters. The third-order valence-corrected chi connectivity index (χ3v) is 3.88. The Morgan fingerprint density at radius 2 is 1.50 bits per heavy atom. The maximum atomic E-state index is 9.11. The molecule has 0 aliphatic heterocycles. The largest absolute Gasteiger partial charge is 0.192 e. The zero-order chi connectivity index (χ0) is 13.0. The molecule has 0 spiro atoms. The van der Waals surface area contributed by atoms with Gasteiger partial charge in [0.25, 0.3) is 0 Å². The maximum Gasteiger partial charge on any atom is 0.100 e. The summed E-state index contributed by atoms with van der Waals surface area (Å²) in [6, 6.07) is 17.4. The number of hydrogen-bond acceptors (Lipinski definition) is 3. The lowest BCUT2D eigenvalue weighted by Gasteiger charge is -2.08. The molecule has 0 heterocycles. The van der Waals surface area contributed by atoms with Crippen LogP contribution in [-0.2, 0) is 0 Å². The van der Waals surface area contributed by atoms with Crippen LogP contribution in [0.5, 0.6) is 0 Å². The van der Waals surface area contributed by atoms with Gasteiger partial charge >= 0.3 is 0 Å². The minimum absolute atomic E-state index is 0.544. The lowest BCUT2D eigenvalue weighted by atomic mass is 10.1. The highest BCUT2D eigenvalue weighted by Crippen LogP contribution is 2.34. The Kier molecular flexibility index (Phi) is 3.67. The van der Waals surface area contributed by atoms with Gasteiger partial charge in [0.1, 0.15) is 12.1 Å². The van der Waals surface area contributed by atoms with E-state index in [4.69, 9.17) is 10.5 Å². The average Bonchev–Trinajstić information content (AvgIpc) is 2.41. The number of aryl methyl sites for hydroxylation is 1. The Hall–Kier alpha value is -2.23. The molecule has 0 unspecified atom stereocenters. The van der Waals surface area contributed by atoms with Crippen molar-refractivity contribution in [2.75, 3.05) is 0 Å². The fourth-order valence-electron chi connectivity index (χ4n) is 1.60. The van der Waals surface area contributed by atoms with Gasteiger partial charge in [0, 0.05) is 9.79 Å². The highest BCUT2D eigenvalue weighted by molar-refractivity contribution is 7.99. The van der Waals surface area contributed by atoms with E-state index in [2.05, 4.69) is 12.1 Å². The van der Waals surface area contributed by atoms with Crippen LogP contribution in [0, 0.1) is 29.6 Å². The van der Waals surface area contributed by atoms with Crippen LogP contribution in [0.3, 0.4) is 0 Å². The average molecular weight is 250 g/mol. The van der Waals surface area contributed by atoms with Gasteiger partial charge in [0.2, 0.25) is 0 Å². The van der Waals surface area contributed by atoms with Crippen LogP contribution in [0.15, 0.2) is 52.3 Å². The van der Waals surface area contributed by atoms with E-state index in [1.165, 1.54) is 11.8 Å². The molecule has 3 heteroatoms. The van der Waals surface area contributed by atoms with Crippen LogP contribution < -0.4 is 0 Å². The second-order valence-electron chi connectivity index (χ2n) is 3.77. The van der Waals surface area contributed by atoms with Crippen molar-refractivity contribution in [2.24, 2.45) is 0 Å². The highest BCUT2D eigenvalue weighted by Gasteiger charge is 2.10. The first-order valence-corrected chi connectivity index (χ1v) is 6.24. The third kappa shape index (κ3) is 2.37. The molecular weight excluding hydrogens is 240 g/mol. The number of hydrogen-bond donors (Lipinski definition) is 0. The summed E-state index contributed by atoms with van der Waals surface area (Å²) in [7, 11) is 0. The Bertz CT molecular complexity index is 631. The fraction of sp³-hybridized carbons (Fsp3) is 0.0667. The van der Waals surface area contributed by atoms with E-state index in [0.717, 1.165) is 15.4 Å². The summed E-state index contributed by atoms with van der Waals surface area (Å²) in [6.45, 7) is 2.02. The Morgan fingerprint density at radius 3 is 2.06 bits per heavy atom. The van der Waals surface area contributed by atoms with Crippen molar-refractivity contribution < 1.29 is 0 Å². The normalized spacial score (nSPS) is 9.50. The predicted octanol–water partition coefficient (Wildman–Crippen LogP) is 3.89. The second-order valence-corrected chi connectivity index (χ2v) is 4.83. The van der Waals surface area contributed by atoms with Gasteiger partial charge in [-0.25, -0.2) is 0 Å². The first-order valence-electron chi connectivity index (χ1n) is 5.43. The van der Waals surface area contributed by atoms with E-state index >= 15 is 0 Å². The van der Waals surface area contributed by atoms with Gasteiger partial charge < -0.3 is 0 Å². The summed E-state index contributed by atoms with van der Waals surface area (Å²) in [5.41, 5.74) is 2.23. The zero-order valence-corrected chi connectivity index (χ0v) is 10.7. The van der Waals surface area contributed by atoms with Gasteiger partial charge in [-0.1, -0.05) is 36.0 Å². The zero-order valence-electron chi connectivity index (χ0n) is 9.84. The minimum atomic E-state index is 0.544. The van der Waals surface area contributed by atoms with Crippen molar-refractivity contribution in [3.8, 4) is 12.1 Å². The van der Waals surface area contributed by atoms with Crippen LogP contribution in [0.25, 0.3) is 0 Å². The topological polar surface area (TPSA) is 47.6 Å². The number of benzene rings is 2. The Morgan fingerprint density at radius 1 is 0.889 bits per heavy atom. The van der Waals surface area contributed by atoms with E-state index in [1.54, 1.807) is 18.2 Å². The molecule has 0 aliphatic carbocycles. The molecular formula is C15H10N2S. The van der Waals surface area contributed by atoms with Crippen LogP contribution in [-0.4, -0.2) is 0 Å². The molecule has 0 amide bonds. The quantitative estimate of drug-likeness (QED) is 0.812. The van der Waals surface area contributed by atoms with Gasteiger partial charge in [-0.05, 0) is 30.7 Å². The van der Waals surface area contributed by atoms with E-state index < -0.39 is 0 Å².